The minimum absolute atomic E-state index is 0.0154. The van der Waals surface area contributed by atoms with Gasteiger partial charge in [-0.1, -0.05) is 0 Å². The molecule has 3 fully saturated rings. The summed E-state index contributed by atoms with van der Waals surface area (Å²) in [5, 5.41) is 0. The summed E-state index contributed by atoms with van der Waals surface area (Å²) < 4.78 is 55.7. The van der Waals surface area contributed by atoms with Crippen molar-refractivity contribution in [3.8, 4) is 0 Å². The van der Waals surface area contributed by atoms with Crippen LogP contribution >= 0.6 is 0 Å². The molecule has 1 aromatic rings. The number of fused-ring (bicyclic) bond motifs is 2. The molecule has 1 unspecified atom stereocenters. The molecule has 3 aliphatic heterocycles. The monoisotopic (exact) mass is 386 g/mol. The third-order valence-electron chi connectivity index (χ3n) is 5.02. The van der Waals surface area contributed by atoms with Gasteiger partial charge in [0.15, 0.2) is 0 Å². The number of hydrogen-bond acceptors (Lipinski definition) is 6. The lowest BCUT2D eigenvalue weighted by Crippen LogP contribution is -2.37. The molecule has 0 spiro atoms. The molecule has 0 aromatic heterocycles. The summed E-state index contributed by atoms with van der Waals surface area (Å²) in [7, 11) is -4.12. The first-order chi connectivity index (χ1) is 12.3. The molecular formula is C16H19FN2O6S. The van der Waals surface area contributed by atoms with Gasteiger partial charge >= 0.3 is 6.09 Å². The largest absolute Gasteiger partial charge is 0.444 e. The highest BCUT2D eigenvalue weighted by molar-refractivity contribution is 7.85. The highest BCUT2D eigenvalue weighted by Gasteiger charge is 2.40. The first kappa shape index (κ1) is 17.5. The zero-order valence-electron chi connectivity index (χ0n) is 13.9. The van der Waals surface area contributed by atoms with Crippen LogP contribution in [0.5, 0.6) is 0 Å². The van der Waals surface area contributed by atoms with Crippen LogP contribution < -0.4 is 9.80 Å². The molecule has 0 radical (unpaired) electrons. The van der Waals surface area contributed by atoms with Crippen molar-refractivity contribution < 1.29 is 31.6 Å². The molecule has 10 heteroatoms. The first-order valence-corrected chi connectivity index (χ1v) is 10.0. The third kappa shape index (κ3) is 3.36. The van der Waals surface area contributed by atoms with Crippen LogP contribution in [0.3, 0.4) is 0 Å². The van der Waals surface area contributed by atoms with Crippen molar-refractivity contribution in [2.24, 2.45) is 0 Å². The van der Waals surface area contributed by atoms with Crippen molar-refractivity contribution in [2.75, 3.05) is 35.2 Å². The van der Waals surface area contributed by atoms with E-state index in [4.69, 9.17) is 14.0 Å². The minimum Gasteiger partial charge on any atom is -0.444 e. The van der Waals surface area contributed by atoms with Crippen molar-refractivity contribution in [1.29, 1.82) is 0 Å². The number of benzene rings is 1. The average molecular weight is 386 g/mol. The van der Waals surface area contributed by atoms with Crippen molar-refractivity contribution in [3.05, 3.63) is 24.0 Å². The normalized spacial score (nSPS) is 28.1. The molecule has 1 amide bonds. The molecule has 2 bridgehead atoms. The Hall–Kier alpha value is -1.91. The number of carbonyl (C=O) groups excluding carboxylic acids is 1. The Morgan fingerprint density at radius 3 is 2.73 bits per heavy atom. The number of cyclic esters (lactones) is 1. The van der Waals surface area contributed by atoms with Crippen LogP contribution in [0.15, 0.2) is 18.2 Å². The molecule has 142 valence electrons. The average Bonchev–Trinajstić information content (AvgIpc) is 3.27. The Morgan fingerprint density at radius 2 is 2.12 bits per heavy atom. The second-order valence-corrected chi connectivity index (χ2v) is 8.40. The summed E-state index contributed by atoms with van der Waals surface area (Å²) >= 11 is 0. The predicted octanol–water partition coefficient (Wildman–Crippen LogP) is 1.41. The molecule has 3 aliphatic rings. The van der Waals surface area contributed by atoms with Gasteiger partial charge in [-0.25, -0.2) is 9.18 Å². The van der Waals surface area contributed by atoms with Gasteiger partial charge in [-0.15, -0.1) is 0 Å². The van der Waals surface area contributed by atoms with Gasteiger partial charge in [-0.3, -0.25) is 9.45 Å². The Kier molecular flexibility index (Phi) is 4.28. The number of morpholine rings is 1. The van der Waals surface area contributed by atoms with E-state index in [1.54, 1.807) is 12.1 Å². The fourth-order valence-corrected chi connectivity index (χ4v) is 4.32. The molecular weight excluding hydrogens is 367 g/mol. The molecule has 8 nitrogen and oxygen atoms in total. The van der Waals surface area contributed by atoms with E-state index in [-0.39, 0.29) is 25.1 Å². The molecule has 3 atom stereocenters. The van der Waals surface area contributed by atoms with Crippen LogP contribution in [0.1, 0.15) is 12.8 Å². The first-order valence-electron chi connectivity index (χ1n) is 8.41. The number of nitrogens with zero attached hydrogens (tertiary/aromatic N) is 2. The molecule has 3 saturated heterocycles. The highest BCUT2D eigenvalue weighted by atomic mass is 32.2. The summed E-state index contributed by atoms with van der Waals surface area (Å²) in [4.78, 5) is 15.3. The quantitative estimate of drug-likeness (QED) is 0.764. The van der Waals surface area contributed by atoms with Crippen molar-refractivity contribution in [1.82, 2.24) is 0 Å². The summed E-state index contributed by atoms with van der Waals surface area (Å²) in [6.45, 7) is 1.36. The fourth-order valence-electron chi connectivity index (χ4n) is 3.75. The van der Waals surface area contributed by atoms with Crippen LogP contribution in [0.25, 0.3) is 0 Å². The predicted molar refractivity (Wildman–Crippen MR) is 90.5 cm³/mol. The van der Waals surface area contributed by atoms with E-state index in [2.05, 4.69) is 0 Å². The number of ether oxygens (including phenoxy) is 2. The third-order valence-corrected chi connectivity index (χ3v) is 5.78. The number of carbonyl (C=O) groups is 1. The van der Waals surface area contributed by atoms with E-state index in [1.807, 2.05) is 4.90 Å². The molecule has 4 rings (SSSR count). The van der Waals surface area contributed by atoms with Gasteiger partial charge in [0, 0.05) is 13.0 Å². The maximum Gasteiger partial charge on any atom is 0.414 e. The number of hydrogen-bond donors (Lipinski definition) is 1. The van der Waals surface area contributed by atoms with E-state index < -0.39 is 33.9 Å². The van der Waals surface area contributed by atoms with Crippen LogP contribution in [-0.4, -0.2) is 62.8 Å². The maximum absolute atomic E-state index is 14.6. The molecule has 3 heterocycles. The molecule has 0 saturated carbocycles. The van der Waals surface area contributed by atoms with Gasteiger partial charge in [0.05, 0.1) is 42.4 Å². The van der Waals surface area contributed by atoms with E-state index in [0.717, 1.165) is 6.42 Å². The van der Waals surface area contributed by atoms with Crippen molar-refractivity contribution in [3.63, 3.8) is 0 Å². The van der Waals surface area contributed by atoms with E-state index in [0.29, 0.717) is 24.5 Å². The number of anilines is 2. The van der Waals surface area contributed by atoms with E-state index in [1.165, 1.54) is 11.0 Å². The zero-order chi connectivity index (χ0) is 18.5. The number of rotatable bonds is 5. The molecule has 0 aliphatic carbocycles. The van der Waals surface area contributed by atoms with Crippen molar-refractivity contribution in [2.45, 2.75) is 31.1 Å². The van der Waals surface area contributed by atoms with Crippen molar-refractivity contribution >= 4 is 27.6 Å². The lowest BCUT2D eigenvalue weighted by atomic mass is 10.2. The topological polar surface area (TPSA) is 96.4 Å². The second-order valence-electron chi connectivity index (χ2n) is 6.82. The highest BCUT2D eigenvalue weighted by Crippen LogP contribution is 2.35. The fraction of sp³-hybridized carbons (Fsp3) is 0.562. The molecule has 1 aromatic carbocycles. The Bertz CT molecular complexity index is 832. The summed E-state index contributed by atoms with van der Waals surface area (Å²) in [6, 6.07) is 4.76. The van der Waals surface area contributed by atoms with Gasteiger partial charge < -0.3 is 14.4 Å². The Labute approximate surface area is 150 Å². The SMILES string of the molecule is O=C1OC(CCS(=O)(=O)O)CN1c1ccc(N2C[C@@H]3C[C@H]2CO3)c(F)c1. The van der Waals surface area contributed by atoms with Crippen LogP contribution in [0.4, 0.5) is 20.6 Å². The zero-order valence-corrected chi connectivity index (χ0v) is 14.7. The number of amides is 1. The summed E-state index contributed by atoms with van der Waals surface area (Å²) in [6.07, 6.45) is -0.297. The number of halogens is 1. The van der Waals surface area contributed by atoms with Crippen LogP contribution in [0.2, 0.25) is 0 Å². The van der Waals surface area contributed by atoms with Gasteiger partial charge in [0.1, 0.15) is 11.9 Å². The Balaban J connectivity index is 1.46. The Morgan fingerprint density at radius 1 is 1.31 bits per heavy atom. The van der Waals surface area contributed by atoms with Gasteiger partial charge in [0.2, 0.25) is 0 Å². The van der Waals surface area contributed by atoms with Gasteiger partial charge in [0.25, 0.3) is 10.1 Å². The standard InChI is InChI=1S/C16H19FN2O6S/c17-14-6-10(1-2-15(14)18-8-13-5-11(18)9-24-13)19-7-12(25-16(19)20)3-4-26(21,22)23/h1-2,6,11-13H,3-5,7-9H2,(H,21,22,23)/t11-,12?,13-/m0/s1. The lowest BCUT2D eigenvalue weighted by Gasteiger charge is -2.29. The van der Waals surface area contributed by atoms with Crippen LogP contribution in [0, 0.1) is 5.82 Å². The lowest BCUT2D eigenvalue weighted by molar-refractivity contribution is 0.0989. The summed E-state index contributed by atoms with van der Waals surface area (Å²) in [5.74, 6) is -0.921. The van der Waals surface area contributed by atoms with Gasteiger partial charge in [-0.2, -0.15) is 8.42 Å². The summed E-state index contributed by atoms with van der Waals surface area (Å²) in [5.41, 5.74) is 0.839. The smallest absolute Gasteiger partial charge is 0.414 e. The minimum atomic E-state index is -4.12. The molecule has 26 heavy (non-hydrogen) atoms. The molecule has 1 N–H and O–H groups in total. The maximum atomic E-state index is 14.6. The van der Waals surface area contributed by atoms with E-state index >= 15 is 0 Å². The van der Waals surface area contributed by atoms with Gasteiger partial charge in [-0.05, 0) is 24.6 Å². The second kappa shape index (κ2) is 6.36. The van der Waals surface area contributed by atoms with Crippen LogP contribution in [-0.2, 0) is 19.6 Å². The van der Waals surface area contributed by atoms with E-state index in [9.17, 15) is 17.6 Å².